The first-order valence-corrected chi connectivity index (χ1v) is 13.0. The van der Waals surface area contributed by atoms with Crippen LogP contribution in [0.15, 0.2) is 42.5 Å². The fourth-order valence-electron chi connectivity index (χ4n) is 4.79. The minimum Gasteiger partial charge on any atom is -0.488 e. The number of aromatic nitrogens is 2. The molecule has 1 aromatic heterocycles. The molecule has 1 aliphatic rings. The number of rotatable bonds is 8. The molecular formula is C31H39N3O. The maximum atomic E-state index is 6.44. The van der Waals surface area contributed by atoms with E-state index >= 15 is 0 Å². The number of hydrogen-bond donors (Lipinski definition) is 1. The van der Waals surface area contributed by atoms with E-state index in [9.17, 15) is 0 Å². The van der Waals surface area contributed by atoms with Crippen molar-refractivity contribution in [3.63, 3.8) is 0 Å². The maximum Gasteiger partial charge on any atom is 0.160 e. The summed E-state index contributed by atoms with van der Waals surface area (Å²) >= 11 is 0. The zero-order valence-corrected chi connectivity index (χ0v) is 22.2. The molecule has 0 aliphatic carbocycles. The Morgan fingerprint density at radius 2 is 1.74 bits per heavy atom. The normalized spacial score (nSPS) is 13.7. The lowest BCUT2D eigenvalue weighted by molar-refractivity contribution is 0.301. The molecule has 184 valence electrons. The first kappa shape index (κ1) is 25.1. The van der Waals surface area contributed by atoms with Crippen molar-refractivity contribution in [2.75, 3.05) is 13.1 Å². The van der Waals surface area contributed by atoms with Crippen molar-refractivity contribution in [3.05, 3.63) is 81.7 Å². The molecule has 0 unspecified atom stereocenters. The third kappa shape index (κ3) is 5.48. The van der Waals surface area contributed by atoms with Gasteiger partial charge in [0.05, 0.1) is 5.69 Å². The third-order valence-corrected chi connectivity index (χ3v) is 7.06. The van der Waals surface area contributed by atoms with Gasteiger partial charge in [0.2, 0.25) is 0 Å². The van der Waals surface area contributed by atoms with E-state index in [2.05, 4.69) is 89.3 Å². The average Bonchev–Trinajstić information content (AvgIpc) is 2.88. The van der Waals surface area contributed by atoms with Gasteiger partial charge in [-0.3, -0.25) is 0 Å². The van der Waals surface area contributed by atoms with Gasteiger partial charge in [-0.25, -0.2) is 9.97 Å². The predicted octanol–water partition coefficient (Wildman–Crippen LogP) is 6.96. The molecule has 1 aliphatic heterocycles. The van der Waals surface area contributed by atoms with Crippen molar-refractivity contribution in [2.24, 2.45) is 0 Å². The number of ether oxygens (including phenoxy) is 1. The summed E-state index contributed by atoms with van der Waals surface area (Å²) in [5.41, 5.74) is 10.7. The van der Waals surface area contributed by atoms with E-state index in [1.165, 1.54) is 27.8 Å². The Kier molecular flexibility index (Phi) is 8.02. The molecule has 4 nitrogen and oxygen atoms in total. The van der Waals surface area contributed by atoms with Gasteiger partial charge in [-0.05, 0) is 79.5 Å². The fraction of sp³-hybridized carbons (Fsp3) is 0.419. The second-order valence-corrected chi connectivity index (χ2v) is 9.77. The SMILES string of the molecule is CCc1cccc(CC)c1-c1nc(C)c(COc2cc(C(C)C)ccc2C)c(C2=CCNCC2)n1. The average molecular weight is 470 g/mol. The quantitative estimate of drug-likeness (QED) is 0.387. The summed E-state index contributed by atoms with van der Waals surface area (Å²) in [6.45, 7) is 15.3. The first-order valence-electron chi connectivity index (χ1n) is 13.0. The molecule has 0 saturated heterocycles. The molecule has 2 aromatic carbocycles. The Labute approximate surface area is 210 Å². The van der Waals surface area contributed by atoms with Crippen LogP contribution < -0.4 is 10.1 Å². The van der Waals surface area contributed by atoms with Crippen LogP contribution in [0.3, 0.4) is 0 Å². The Morgan fingerprint density at radius 3 is 2.37 bits per heavy atom. The standard InChI is InChI=1S/C31H39N3O/c1-7-23-10-9-11-24(8-2)29(23)31-33-22(6)27(30(34-31)25-14-16-32-17-15-25)19-35-28-18-26(20(3)4)13-12-21(28)5/h9-14,18,20,32H,7-8,15-17,19H2,1-6H3. The molecule has 35 heavy (non-hydrogen) atoms. The molecule has 0 saturated carbocycles. The van der Waals surface area contributed by atoms with Gasteiger partial charge in [0.25, 0.3) is 0 Å². The van der Waals surface area contributed by atoms with Crippen LogP contribution in [0.4, 0.5) is 0 Å². The highest BCUT2D eigenvalue weighted by Crippen LogP contribution is 2.32. The number of hydrogen-bond acceptors (Lipinski definition) is 4. The molecule has 1 N–H and O–H groups in total. The van der Waals surface area contributed by atoms with Crippen LogP contribution in [0, 0.1) is 13.8 Å². The van der Waals surface area contributed by atoms with E-state index < -0.39 is 0 Å². The monoisotopic (exact) mass is 469 g/mol. The van der Waals surface area contributed by atoms with Gasteiger partial charge in [-0.2, -0.15) is 0 Å². The van der Waals surface area contributed by atoms with Crippen LogP contribution in [0.1, 0.15) is 79.2 Å². The van der Waals surface area contributed by atoms with E-state index in [4.69, 9.17) is 14.7 Å². The topological polar surface area (TPSA) is 47.0 Å². The maximum absolute atomic E-state index is 6.44. The lowest BCUT2D eigenvalue weighted by Gasteiger charge is -2.21. The van der Waals surface area contributed by atoms with Crippen LogP contribution in [-0.2, 0) is 19.4 Å². The Balaban J connectivity index is 1.79. The summed E-state index contributed by atoms with van der Waals surface area (Å²) in [6.07, 6.45) is 5.16. The Morgan fingerprint density at radius 1 is 1.00 bits per heavy atom. The van der Waals surface area contributed by atoms with Crippen LogP contribution in [0.25, 0.3) is 17.0 Å². The highest BCUT2D eigenvalue weighted by atomic mass is 16.5. The fourth-order valence-corrected chi connectivity index (χ4v) is 4.79. The minimum atomic E-state index is 0.462. The molecule has 0 bridgehead atoms. The Hall–Kier alpha value is -2.98. The second-order valence-electron chi connectivity index (χ2n) is 9.77. The summed E-state index contributed by atoms with van der Waals surface area (Å²) in [5.74, 6) is 2.24. The lowest BCUT2D eigenvalue weighted by atomic mass is 9.95. The molecule has 3 aromatic rings. The van der Waals surface area contributed by atoms with Gasteiger partial charge in [0, 0.05) is 23.4 Å². The zero-order chi connectivity index (χ0) is 24.9. The molecule has 0 amide bonds. The molecule has 0 radical (unpaired) electrons. The zero-order valence-electron chi connectivity index (χ0n) is 22.2. The van der Waals surface area contributed by atoms with E-state index in [0.717, 1.165) is 66.4 Å². The summed E-state index contributed by atoms with van der Waals surface area (Å²) in [7, 11) is 0. The Bertz CT molecular complexity index is 1200. The third-order valence-electron chi connectivity index (χ3n) is 7.06. The van der Waals surface area contributed by atoms with Crippen molar-refractivity contribution in [1.29, 1.82) is 0 Å². The molecule has 4 heteroatoms. The lowest BCUT2D eigenvalue weighted by Crippen LogP contribution is -2.21. The minimum absolute atomic E-state index is 0.462. The van der Waals surface area contributed by atoms with Crippen LogP contribution in [-0.4, -0.2) is 23.1 Å². The van der Waals surface area contributed by atoms with Gasteiger partial charge in [-0.15, -0.1) is 0 Å². The largest absolute Gasteiger partial charge is 0.488 e. The van der Waals surface area contributed by atoms with Gasteiger partial charge in [-0.1, -0.05) is 64.1 Å². The molecular weight excluding hydrogens is 430 g/mol. The molecule has 4 rings (SSSR count). The van der Waals surface area contributed by atoms with Crippen LogP contribution in [0.2, 0.25) is 0 Å². The van der Waals surface area contributed by atoms with E-state index in [1.54, 1.807) is 0 Å². The van der Waals surface area contributed by atoms with Crippen molar-refractivity contribution in [1.82, 2.24) is 15.3 Å². The predicted molar refractivity (Wildman–Crippen MR) is 146 cm³/mol. The highest BCUT2D eigenvalue weighted by molar-refractivity contribution is 5.71. The summed E-state index contributed by atoms with van der Waals surface area (Å²) < 4.78 is 6.44. The molecule has 0 atom stereocenters. The van der Waals surface area contributed by atoms with Crippen LogP contribution >= 0.6 is 0 Å². The van der Waals surface area contributed by atoms with Gasteiger partial charge < -0.3 is 10.1 Å². The van der Waals surface area contributed by atoms with Gasteiger partial charge >= 0.3 is 0 Å². The number of aryl methyl sites for hydroxylation is 4. The summed E-state index contributed by atoms with van der Waals surface area (Å²) in [6, 6.07) is 13.1. The van der Waals surface area contributed by atoms with Crippen molar-refractivity contribution in [3.8, 4) is 17.1 Å². The van der Waals surface area contributed by atoms with Gasteiger partial charge in [0.1, 0.15) is 12.4 Å². The smallest absolute Gasteiger partial charge is 0.160 e. The van der Waals surface area contributed by atoms with E-state index in [1.807, 2.05) is 0 Å². The van der Waals surface area contributed by atoms with Gasteiger partial charge in [0.15, 0.2) is 5.82 Å². The highest BCUT2D eigenvalue weighted by Gasteiger charge is 2.21. The summed E-state index contributed by atoms with van der Waals surface area (Å²) in [4.78, 5) is 10.3. The number of nitrogens with zero attached hydrogens (tertiary/aromatic N) is 2. The van der Waals surface area contributed by atoms with Crippen molar-refractivity contribution in [2.45, 2.75) is 73.3 Å². The number of nitrogens with one attached hydrogen (secondary N) is 1. The van der Waals surface area contributed by atoms with E-state index in [0.29, 0.717) is 12.5 Å². The summed E-state index contributed by atoms with van der Waals surface area (Å²) in [5, 5.41) is 3.43. The molecule has 0 spiro atoms. The van der Waals surface area contributed by atoms with Crippen molar-refractivity contribution < 1.29 is 4.74 Å². The van der Waals surface area contributed by atoms with Crippen molar-refractivity contribution >= 4 is 5.57 Å². The van der Waals surface area contributed by atoms with E-state index in [-0.39, 0.29) is 0 Å². The molecule has 0 fully saturated rings. The first-order chi connectivity index (χ1) is 16.9. The second kappa shape index (κ2) is 11.2. The molecule has 2 heterocycles. The van der Waals surface area contributed by atoms with Crippen LogP contribution in [0.5, 0.6) is 5.75 Å². The number of benzene rings is 2.